The first kappa shape index (κ1) is 12.3. The minimum atomic E-state index is 0.306. The van der Waals surface area contributed by atoms with Crippen LogP contribution in [-0.4, -0.2) is 46.1 Å². The van der Waals surface area contributed by atoms with Crippen LogP contribution in [-0.2, 0) is 11.8 Å². The second-order valence-corrected chi connectivity index (χ2v) is 5.07. The predicted molar refractivity (Wildman–Crippen MR) is 73.2 cm³/mol. The van der Waals surface area contributed by atoms with E-state index >= 15 is 0 Å². The average molecular weight is 261 g/mol. The first-order valence-corrected chi connectivity index (χ1v) is 6.71. The molecular formula is C13H19N5O. The van der Waals surface area contributed by atoms with Crippen molar-refractivity contribution in [2.75, 3.05) is 25.1 Å². The van der Waals surface area contributed by atoms with E-state index in [2.05, 4.69) is 20.0 Å². The van der Waals surface area contributed by atoms with Crippen LogP contribution in [0.4, 0.5) is 5.82 Å². The van der Waals surface area contributed by atoms with Crippen molar-refractivity contribution in [3.63, 3.8) is 0 Å². The maximum Gasteiger partial charge on any atom is 0.163 e. The van der Waals surface area contributed by atoms with Gasteiger partial charge in [0.05, 0.1) is 17.7 Å². The number of ether oxygens (including phenoxy) is 1. The van der Waals surface area contributed by atoms with E-state index in [1.165, 1.54) is 12.8 Å². The average Bonchev–Trinajstić information content (AvgIpc) is 2.82. The van der Waals surface area contributed by atoms with Crippen molar-refractivity contribution in [3.05, 3.63) is 12.5 Å². The monoisotopic (exact) mass is 261 g/mol. The van der Waals surface area contributed by atoms with Crippen molar-refractivity contribution in [1.82, 2.24) is 19.7 Å². The van der Waals surface area contributed by atoms with Gasteiger partial charge in [-0.15, -0.1) is 0 Å². The van der Waals surface area contributed by atoms with Gasteiger partial charge < -0.3 is 9.64 Å². The zero-order valence-corrected chi connectivity index (χ0v) is 11.4. The molecule has 0 radical (unpaired) electrons. The van der Waals surface area contributed by atoms with E-state index in [1.807, 2.05) is 20.3 Å². The second kappa shape index (κ2) is 5.13. The van der Waals surface area contributed by atoms with Gasteiger partial charge >= 0.3 is 0 Å². The van der Waals surface area contributed by atoms with E-state index in [4.69, 9.17) is 4.74 Å². The number of rotatable bonds is 3. The molecule has 2 aromatic rings. The van der Waals surface area contributed by atoms with Gasteiger partial charge in [-0.3, -0.25) is 4.68 Å². The second-order valence-electron chi connectivity index (χ2n) is 5.07. The van der Waals surface area contributed by atoms with Crippen molar-refractivity contribution < 1.29 is 4.74 Å². The van der Waals surface area contributed by atoms with Crippen molar-refractivity contribution in [3.8, 4) is 0 Å². The lowest BCUT2D eigenvalue weighted by molar-refractivity contribution is 0.0215. The summed E-state index contributed by atoms with van der Waals surface area (Å²) in [5.41, 5.74) is 0.862. The summed E-state index contributed by atoms with van der Waals surface area (Å²) in [6, 6.07) is 0. The standard InChI is InChI=1S/C13H19N5O/c1-17(8-10-5-3-4-6-19-10)12-11-7-16-18(2)13(11)15-9-14-12/h7,9-10H,3-6,8H2,1-2H3. The topological polar surface area (TPSA) is 56.1 Å². The lowest BCUT2D eigenvalue weighted by Gasteiger charge is -2.28. The number of hydrogen-bond acceptors (Lipinski definition) is 5. The highest BCUT2D eigenvalue weighted by molar-refractivity contribution is 5.86. The van der Waals surface area contributed by atoms with Crippen LogP contribution in [0.15, 0.2) is 12.5 Å². The molecule has 1 fully saturated rings. The Morgan fingerprint density at radius 2 is 2.32 bits per heavy atom. The van der Waals surface area contributed by atoms with E-state index in [1.54, 1.807) is 11.0 Å². The molecule has 102 valence electrons. The predicted octanol–water partition coefficient (Wildman–Crippen LogP) is 1.37. The quantitative estimate of drug-likeness (QED) is 0.835. The summed E-state index contributed by atoms with van der Waals surface area (Å²) >= 11 is 0. The van der Waals surface area contributed by atoms with Crippen molar-refractivity contribution in [2.45, 2.75) is 25.4 Å². The zero-order chi connectivity index (χ0) is 13.2. The molecule has 0 aromatic carbocycles. The fourth-order valence-electron chi connectivity index (χ4n) is 2.60. The number of fused-ring (bicyclic) bond motifs is 1. The van der Waals surface area contributed by atoms with Crippen LogP contribution in [0.3, 0.4) is 0 Å². The summed E-state index contributed by atoms with van der Waals surface area (Å²) in [4.78, 5) is 10.8. The number of likely N-dealkylation sites (N-methyl/N-ethyl adjacent to an activating group) is 1. The van der Waals surface area contributed by atoms with E-state index in [9.17, 15) is 0 Å². The molecule has 1 atom stereocenters. The van der Waals surface area contributed by atoms with Crippen molar-refractivity contribution >= 4 is 16.9 Å². The Morgan fingerprint density at radius 3 is 3.11 bits per heavy atom. The van der Waals surface area contributed by atoms with Crippen molar-refractivity contribution in [2.24, 2.45) is 7.05 Å². The van der Waals surface area contributed by atoms with Gasteiger partial charge in [0.2, 0.25) is 0 Å². The first-order valence-electron chi connectivity index (χ1n) is 6.71. The number of hydrogen-bond donors (Lipinski definition) is 0. The Balaban J connectivity index is 1.82. The normalized spacial score (nSPS) is 19.8. The minimum absolute atomic E-state index is 0.306. The third-order valence-corrected chi connectivity index (χ3v) is 3.62. The van der Waals surface area contributed by atoms with Crippen LogP contribution < -0.4 is 4.90 Å². The summed E-state index contributed by atoms with van der Waals surface area (Å²) in [6.07, 6.45) is 7.29. The van der Waals surface area contributed by atoms with Crippen LogP contribution in [0.1, 0.15) is 19.3 Å². The Morgan fingerprint density at radius 1 is 1.42 bits per heavy atom. The van der Waals surface area contributed by atoms with Crippen LogP contribution in [0.5, 0.6) is 0 Å². The molecule has 3 rings (SSSR count). The highest BCUT2D eigenvalue weighted by Crippen LogP contribution is 2.22. The molecule has 1 unspecified atom stereocenters. The minimum Gasteiger partial charge on any atom is -0.376 e. The third-order valence-electron chi connectivity index (χ3n) is 3.62. The fraction of sp³-hybridized carbons (Fsp3) is 0.615. The van der Waals surface area contributed by atoms with Gasteiger partial charge in [0.25, 0.3) is 0 Å². The van der Waals surface area contributed by atoms with Crippen molar-refractivity contribution in [1.29, 1.82) is 0 Å². The molecule has 0 saturated carbocycles. The van der Waals surface area contributed by atoms with E-state index in [0.29, 0.717) is 6.10 Å². The summed E-state index contributed by atoms with van der Waals surface area (Å²) in [7, 11) is 3.94. The number of anilines is 1. The van der Waals surface area contributed by atoms with Crippen LogP contribution in [0.25, 0.3) is 11.0 Å². The molecule has 6 nitrogen and oxygen atoms in total. The number of nitrogens with zero attached hydrogens (tertiary/aromatic N) is 5. The van der Waals surface area contributed by atoms with Crippen LogP contribution in [0.2, 0.25) is 0 Å². The molecular weight excluding hydrogens is 242 g/mol. The van der Waals surface area contributed by atoms with E-state index in [-0.39, 0.29) is 0 Å². The molecule has 2 aromatic heterocycles. The maximum absolute atomic E-state index is 5.78. The van der Waals surface area contributed by atoms with Gasteiger partial charge in [-0.25, -0.2) is 9.97 Å². The highest BCUT2D eigenvalue weighted by atomic mass is 16.5. The van der Waals surface area contributed by atoms with Gasteiger partial charge in [0, 0.05) is 27.2 Å². The largest absolute Gasteiger partial charge is 0.376 e. The van der Waals surface area contributed by atoms with Gasteiger partial charge in [0.1, 0.15) is 12.1 Å². The third kappa shape index (κ3) is 2.40. The SMILES string of the molecule is CN(CC1CCCCO1)c1ncnc2c1cnn2C. The number of aromatic nitrogens is 4. The molecule has 19 heavy (non-hydrogen) atoms. The molecule has 1 aliphatic heterocycles. The highest BCUT2D eigenvalue weighted by Gasteiger charge is 2.18. The zero-order valence-electron chi connectivity index (χ0n) is 11.4. The van der Waals surface area contributed by atoms with Gasteiger partial charge in [-0.2, -0.15) is 5.10 Å². The van der Waals surface area contributed by atoms with Gasteiger partial charge in [-0.1, -0.05) is 0 Å². The molecule has 0 aliphatic carbocycles. The maximum atomic E-state index is 5.78. The summed E-state index contributed by atoms with van der Waals surface area (Å²) in [6.45, 7) is 1.74. The Labute approximate surface area is 112 Å². The fourth-order valence-corrected chi connectivity index (χ4v) is 2.60. The Kier molecular flexibility index (Phi) is 3.33. The van der Waals surface area contributed by atoms with E-state index < -0.39 is 0 Å². The smallest absolute Gasteiger partial charge is 0.163 e. The Hall–Kier alpha value is -1.69. The molecule has 0 bridgehead atoms. The van der Waals surface area contributed by atoms with Gasteiger partial charge in [0.15, 0.2) is 5.65 Å². The lowest BCUT2D eigenvalue weighted by Crippen LogP contribution is -2.33. The molecule has 1 aliphatic rings. The van der Waals surface area contributed by atoms with Crippen LogP contribution >= 0.6 is 0 Å². The molecule has 0 amide bonds. The van der Waals surface area contributed by atoms with E-state index in [0.717, 1.165) is 36.4 Å². The summed E-state index contributed by atoms with van der Waals surface area (Å²) in [5.74, 6) is 0.923. The lowest BCUT2D eigenvalue weighted by atomic mass is 10.1. The van der Waals surface area contributed by atoms with Crippen LogP contribution in [0, 0.1) is 0 Å². The molecule has 0 spiro atoms. The number of aryl methyl sites for hydroxylation is 1. The summed E-state index contributed by atoms with van der Waals surface area (Å²) < 4.78 is 7.55. The molecule has 1 saturated heterocycles. The van der Waals surface area contributed by atoms with Gasteiger partial charge in [-0.05, 0) is 19.3 Å². The Bertz CT molecular complexity index is 561. The molecule has 3 heterocycles. The summed E-state index contributed by atoms with van der Waals surface area (Å²) in [5, 5.41) is 5.23. The molecule has 6 heteroatoms. The first-order chi connectivity index (χ1) is 9.25. The molecule has 0 N–H and O–H groups in total.